The summed E-state index contributed by atoms with van der Waals surface area (Å²) in [4.78, 5) is 11.2. The third-order valence-corrected chi connectivity index (χ3v) is 2.56. The number of rotatable bonds is 5. The van der Waals surface area contributed by atoms with Crippen LogP contribution >= 0.6 is 15.9 Å². The maximum Gasteiger partial charge on any atom is 0.307 e. The van der Waals surface area contributed by atoms with Gasteiger partial charge in [0.15, 0.2) is 0 Å². The average molecular weight is 286 g/mol. The van der Waals surface area contributed by atoms with Gasteiger partial charge in [-0.15, -0.1) is 0 Å². The van der Waals surface area contributed by atoms with Gasteiger partial charge >= 0.3 is 5.97 Å². The Hall–Kier alpha value is -1.03. The van der Waals surface area contributed by atoms with Crippen molar-refractivity contribution >= 4 is 27.6 Å². The third kappa shape index (κ3) is 4.66. The molecule has 0 aliphatic carbocycles. The van der Waals surface area contributed by atoms with Gasteiger partial charge in [-0.1, -0.05) is 15.9 Å². The number of carbonyl (C=O) groups excluding carboxylic acids is 1. The van der Waals surface area contributed by atoms with Crippen LogP contribution < -0.4 is 5.32 Å². The van der Waals surface area contributed by atoms with E-state index >= 15 is 0 Å². The van der Waals surface area contributed by atoms with Crippen LogP contribution in [0.25, 0.3) is 0 Å². The molecule has 4 heteroatoms. The molecular formula is C12H16BrNO2. The minimum Gasteiger partial charge on any atom is -0.466 e. The van der Waals surface area contributed by atoms with Crippen LogP contribution in [-0.2, 0) is 9.53 Å². The fraction of sp³-hybridized carbons (Fsp3) is 0.417. The largest absolute Gasteiger partial charge is 0.466 e. The van der Waals surface area contributed by atoms with E-state index in [9.17, 15) is 4.79 Å². The third-order valence-electron chi connectivity index (χ3n) is 2.04. The molecule has 0 aromatic heterocycles. The summed E-state index contributed by atoms with van der Waals surface area (Å²) in [5, 5.41) is 3.24. The Morgan fingerprint density at radius 1 is 1.44 bits per heavy atom. The molecule has 1 aromatic rings. The first-order chi connectivity index (χ1) is 7.61. The topological polar surface area (TPSA) is 38.3 Å². The Bertz CT molecular complexity index is 337. The van der Waals surface area contributed by atoms with Crippen molar-refractivity contribution in [2.24, 2.45) is 0 Å². The molecule has 1 unspecified atom stereocenters. The van der Waals surface area contributed by atoms with Crippen molar-refractivity contribution in [2.75, 3.05) is 11.9 Å². The zero-order valence-corrected chi connectivity index (χ0v) is 11.1. The van der Waals surface area contributed by atoms with Gasteiger partial charge in [0.05, 0.1) is 13.0 Å². The Balaban J connectivity index is 2.42. The van der Waals surface area contributed by atoms with Crippen LogP contribution in [0.2, 0.25) is 0 Å². The van der Waals surface area contributed by atoms with Crippen molar-refractivity contribution < 1.29 is 9.53 Å². The van der Waals surface area contributed by atoms with E-state index in [0.29, 0.717) is 13.0 Å². The van der Waals surface area contributed by atoms with E-state index in [1.165, 1.54) is 0 Å². The number of halogens is 1. The van der Waals surface area contributed by atoms with Gasteiger partial charge in [-0.25, -0.2) is 0 Å². The molecule has 1 rings (SSSR count). The van der Waals surface area contributed by atoms with Crippen LogP contribution in [0.15, 0.2) is 28.7 Å². The molecular weight excluding hydrogens is 270 g/mol. The van der Waals surface area contributed by atoms with Gasteiger partial charge in [0.25, 0.3) is 0 Å². The second kappa shape index (κ2) is 6.53. The van der Waals surface area contributed by atoms with Crippen LogP contribution in [-0.4, -0.2) is 18.6 Å². The molecule has 0 amide bonds. The molecule has 16 heavy (non-hydrogen) atoms. The lowest BCUT2D eigenvalue weighted by Gasteiger charge is -2.14. The second-order valence-electron chi connectivity index (χ2n) is 3.56. The SMILES string of the molecule is CCOC(=O)CC(C)Nc1ccc(Br)cc1. The first kappa shape index (κ1) is 13.0. The maximum atomic E-state index is 11.2. The Morgan fingerprint density at radius 3 is 2.62 bits per heavy atom. The molecule has 1 aromatic carbocycles. The zero-order chi connectivity index (χ0) is 12.0. The molecule has 0 heterocycles. The number of ether oxygens (including phenoxy) is 1. The summed E-state index contributed by atoms with van der Waals surface area (Å²) in [6.07, 6.45) is 0.379. The number of benzene rings is 1. The predicted molar refractivity (Wildman–Crippen MR) is 68.5 cm³/mol. The molecule has 1 N–H and O–H groups in total. The van der Waals surface area contributed by atoms with Gasteiger partial charge in [0, 0.05) is 16.2 Å². The van der Waals surface area contributed by atoms with E-state index < -0.39 is 0 Å². The summed E-state index contributed by atoms with van der Waals surface area (Å²) in [7, 11) is 0. The smallest absolute Gasteiger partial charge is 0.307 e. The molecule has 0 saturated carbocycles. The number of hydrogen-bond acceptors (Lipinski definition) is 3. The van der Waals surface area contributed by atoms with Crippen LogP contribution in [0, 0.1) is 0 Å². The van der Waals surface area contributed by atoms with Gasteiger partial charge in [-0.3, -0.25) is 4.79 Å². The Labute approximate surface area is 104 Å². The highest BCUT2D eigenvalue weighted by Gasteiger charge is 2.09. The standard InChI is InChI=1S/C12H16BrNO2/c1-3-16-12(15)8-9(2)14-11-6-4-10(13)5-7-11/h4-7,9,14H,3,8H2,1-2H3. The molecule has 1 atom stereocenters. The van der Waals surface area contributed by atoms with Gasteiger partial charge in [0.2, 0.25) is 0 Å². The van der Waals surface area contributed by atoms with E-state index in [2.05, 4.69) is 21.2 Å². The summed E-state index contributed by atoms with van der Waals surface area (Å²) in [6, 6.07) is 7.91. The molecule has 88 valence electrons. The first-order valence-corrected chi connectivity index (χ1v) is 6.09. The van der Waals surface area contributed by atoms with Crippen LogP contribution in [0.5, 0.6) is 0 Å². The number of anilines is 1. The van der Waals surface area contributed by atoms with Crippen molar-refractivity contribution in [3.63, 3.8) is 0 Å². The number of nitrogens with one attached hydrogen (secondary N) is 1. The molecule has 3 nitrogen and oxygen atoms in total. The summed E-state index contributed by atoms with van der Waals surface area (Å²) in [5.41, 5.74) is 1.000. The van der Waals surface area contributed by atoms with Crippen LogP contribution in [0.3, 0.4) is 0 Å². The lowest BCUT2D eigenvalue weighted by Crippen LogP contribution is -2.20. The van der Waals surface area contributed by atoms with Crippen molar-refractivity contribution in [1.29, 1.82) is 0 Å². The lowest BCUT2D eigenvalue weighted by atomic mass is 10.2. The summed E-state index contributed by atoms with van der Waals surface area (Å²) >= 11 is 3.37. The normalized spacial score (nSPS) is 11.9. The van der Waals surface area contributed by atoms with Gasteiger partial charge < -0.3 is 10.1 Å². The van der Waals surface area contributed by atoms with Crippen molar-refractivity contribution in [2.45, 2.75) is 26.3 Å². The average Bonchev–Trinajstić information content (AvgIpc) is 2.21. The van der Waals surface area contributed by atoms with E-state index in [1.807, 2.05) is 38.1 Å². The lowest BCUT2D eigenvalue weighted by molar-refractivity contribution is -0.143. The fourth-order valence-electron chi connectivity index (χ4n) is 1.35. The molecule has 0 radical (unpaired) electrons. The van der Waals surface area contributed by atoms with Gasteiger partial charge in [-0.2, -0.15) is 0 Å². The van der Waals surface area contributed by atoms with Gasteiger partial charge in [0.1, 0.15) is 0 Å². The fourth-order valence-corrected chi connectivity index (χ4v) is 1.62. The highest BCUT2D eigenvalue weighted by atomic mass is 79.9. The van der Waals surface area contributed by atoms with Crippen molar-refractivity contribution in [1.82, 2.24) is 0 Å². The Morgan fingerprint density at radius 2 is 2.06 bits per heavy atom. The molecule has 0 fully saturated rings. The monoisotopic (exact) mass is 285 g/mol. The van der Waals surface area contributed by atoms with E-state index in [4.69, 9.17) is 4.74 Å². The minimum atomic E-state index is -0.167. The molecule has 0 aliphatic heterocycles. The molecule has 0 bridgehead atoms. The van der Waals surface area contributed by atoms with Gasteiger partial charge in [-0.05, 0) is 38.1 Å². The van der Waals surface area contributed by atoms with E-state index in [1.54, 1.807) is 0 Å². The van der Waals surface area contributed by atoms with Crippen LogP contribution in [0.1, 0.15) is 20.3 Å². The first-order valence-electron chi connectivity index (χ1n) is 5.29. The highest BCUT2D eigenvalue weighted by Crippen LogP contribution is 2.15. The Kier molecular flexibility index (Phi) is 5.32. The zero-order valence-electron chi connectivity index (χ0n) is 9.50. The second-order valence-corrected chi connectivity index (χ2v) is 4.48. The minimum absolute atomic E-state index is 0.0697. The number of esters is 1. The molecule has 0 spiro atoms. The molecule has 0 aliphatic rings. The van der Waals surface area contributed by atoms with Crippen molar-refractivity contribution in [3.05, 3.63) is 28.7 Å². The summed E-state index contributed by atoms with van der Waals surface area (Å²) in [5.74, 6) is -0.167. The summed E-state index contributed by atoms with van der Waals surface area (Å²) < 4.78 is 5.92. The molecule has 0 saturated heterocycles. The van der Waals surface area contributed by atoms with E-state index in [-0.39, 0.29) is 12.0 Å². The van der Waals surface area contributed by atoms with Crippen LogP contribution in [0.4, 0.5) is 5.69 Å². The number of hydrogen-bond donors (Lipinski definition) is 1. The quantitative estimate of drug-likeness (QED) is 0.845. The summed E-state index contributed by atoms with van der Waals surface area (Å²) in [6.45, 7) is 4.20. The van der Waals surface area contributed by atoms with E-state index in [0.717, 1.165) is 10.2 Å². The maximum absolute atomic E-state index is 11.2. The highest BCUT2D eigenvalue weighted by molar-refractivity contribution is 9.10. The number of carbonyl (C=O) groups is 1. The predicted octanol–water partition coefficient (Wildman–Crippen LogP) is 3.20. The van der Waals surface area contributed by atoms with Crippen molar-refractivity contribution in [3.8, 4) is 0 Å².